The number of aromatic nitrogens is 1. The quantitative estimate of drug-likeness (QED) is 0.662. The van der Waals surface area contributed by atoms with E-state index in [4.69, 9.17) is 0 Å². The highest BCUT2D eigenvalue weighted by Crippen LogP contribution is 2.29. The first-order chi connectivity index (χ1) is 5.06. The van der Waals surface area contributed by atoms with Crippen molar-refractivity contribution >= 4 is 11.3 Å². The molecular weight excluding hydrogens is 154 g/mol. The molecule has 11 heavy (non-hydrogen) atoms. The molecule has 0 aromatic carbocycles. The molecule has 2 heteroatoms. The van der Waals surface area contributed by atoms with Crippen LogP contribution < -0.4 is 0 Å². The Labute approximate surface area is 72.5 Å². The molecule has 0 atom stereocenters. The predicted molar refractivity (Wildman–Crippen MR) is 50.2 cm³/mol. The molecule has 0 aliphatic rings. The van der Waals surface area contributed by atoms with Crippen LogP contribution in [0.25, 0.3) is 0 Å². The van der Waals surface area contributed by atoms with Gasteiger partial charge in [-0.15, -0.1) is 11.3 Å². The lowest BCUT2D eigenvalue weighted by Crippen LogP contribution is -2.14. The summed E-state index contributed by atoms with van der Waals surface area (Å²) in [6.45, 7) is 8.79. The molecule has 0 unspecified atom stereocenters. The van der Waals surface area contributed by atoms with Gasteiger partial charge in [-0.1, -0.05) is 20.8 Å². The smallest absolute Gasteiger partial charge is 0.0983 e. The summed E-state index contributed by atoms with van der Waals surface area (Å²) in [7, 11) is 0. The summed E-state index contributed by atoms with van der Waals surface area (Å²) in [6.07, 6.45) is 3.11. The highest BCUT2D eigenvalue weighted by atomic mass is 32.1. The molecule has 1 nitrogen and oxygen atoms in total. The molecular formula is C9H15NS. The highest BCUT2D eigenvalue weighted by Gasteiger charge is 2.20. The molecule has 1 heterocycles. The van der Waals surface area contributed by atoms with Crippen molar-refractivity contribution in [3.63, 3.8) is 0 Å². The zero-order valence-electron chi connectivity index (χ0n) is 7.64. The van der Waals surface area contributed by atoms with Crippen molar-refractivity contribution in [2.75, 3.05) is 0 Å². The van der Waals surface area contributed by atoms with E-state index in [9.17, 15) is 0 Å². The second kappa shape index (κ2) is 2.94. The number of hydrogen-bond acceptors (Lipinski definition) is 2. The van der Waals surface area contributed by atoms with Crippen LogP contribution in [0.1, 0.15) is 37.1 Å². The first-order valence-electron chi connectivity index (χ1n) is 3.99. The Balaban J connectivity index is 2.92. The molecule has 0 radical (unpaired) electrons. The van der Waals surface area contributed by atoms with Crippen LogP contribution in [-0.2, 0) is 5.41 Å². The fraction of sp³-hybridized carbons (Fsp3) is 0.667. The first kappa shape index (κ1) is 8.72. The fourth-order valence-corrected chi connectivity index (χ4v) is 1.76. The molecule has 0 aliphatic carbocycles. The van der Waals surface area contributed by atoms with Crippen molar-refractivity contribution in [2.45, 2.75) is 39.5 Å². The summed E-state index contributed by atoms with van der Waals surface area (Å²) in [5, 5.41) is 1.26. The molecule has 0 bridgehead atoms. The van der Waals surface area contributed by atoms with E-state index in [1.165, 1.54) is 9.88 Å². The maximum absolute atomic E-state index is 4.38. The van der Waals surface area contributed by atoms with Crippen LogP contribution in [0.3, 0.4) is 0 Å². The Morgan fingerprint density at radius 2 is 2.18 bits per heavy atom. The van der Waals surface area contributed by atoms with Crippen molar-refractivity contribution in [1.29, 1.82) is 0 Å². The van der Waals surface area contributed by atoms with Crippen LogP contribution in [0, 0.1) is 6.92 Å². The minimum atomic E-state index is 0.263. The van der Waals surface area contributed by atoms with Crippen LogP contribution in [0.15, 0.2) is 6.20 Å². The summed E-state index contributed by atoms with van der Waals surface area (Å²) >= 11 is 1.81. The van der Waals surface area contributed by atoms with E-state index in [1.807, 2.05) is 17.5 Å². The summed E-state index contributed by atoms with van der Waals surface area (Å²) in [5.41, 5.74) is 0.263. The number of aryl methyl sites for hydroxylation is 1. The topological polar surface area (TPSA) is 12.9 Å². The largest absolute Gasteiger partial charge is 0.249 e. The van der Waals surface area contributed by atoms with E-state index in [0.29, 0.717) is 0 Å². The maximum atomic E-state index is 4.38. The van der Waals surface area contributed by atoms with Crippen molar-refractivity contribution in [3.05, 3.63) is 16.1 Å². The molecule has 62 valence electrons. The Morgan fingerprint density at radius 1 is 1.55 bits per heavy atom. The third-order valence-electron chi connectivity index (χ3n) is 2.08. The van der Waals surface area contributed by atoms with Gasteiger partial charge >= 0.3 is 0 Å². The maximum Gasteiger partial charge on any atom is 0.0983 e. The molecule has 0 aliphatic heterocycles. The van der Waals surface area contributed by atoms with Crippen LogP contribution in [0.5, 0.6) is 0 Å². The molecule has 0 fully saturated rings. The van der Waals surface area contributed by atoms with Gasteiger partial charge in [-0.3, -0.25) is 0 Å². The third-order valence-corrected chi connectivity index (χ3v) is 3.36. The molecule has 0 spiro atoms. The number of hydrogen-bond donors (Lipinski definition) is 0. The SMILES string of the molecule is CCC(C)(C)c1ncc(C)s1. The van der Waals surface area contributed by atoms with Crippen LogP contribution in [0.4, 0.5) is 0 Å². The van der Waals surface area contributed by atoms with Gasteiger partial charge in [-0.05, 0) is 13.3 Å². The second-order valence-corrected chi connectivity index (χ2v) is 4.75. The Kier molecular flexibility index (Phi) is 2.33. The zero-order valence-corrected chi connectivity index (χ0v) is 8.46. The van der Waals surface area contributed by atoms with Crippen molar-refractivity contribution < 1.29 is 0 Å². The lowest BCUT2D eigenvalue weighted by molar-refractivity contribution is 0.503. The Hall–Kier alpha value is -0.370. The standard InChI is InChI=1S/C9H15NS/c1-5-9(3,4)8-10-6-7(2)11-8/h6H,5H2,1-4H3. The van der Waals surface area contributed by atoms with Gasteiger partial charge in [0.05, 0.1) is 5.01 Å². The Morgan fingerprint density at radius 3 is 2.55 bits per heavy atom. The van der Waals surface area contributed by atoms with Gasteiger partial charge in [-0.2, -0.15) is 0 Å². The van der Waals surface area contributed by atoms with E-state index < -0.39 is 0 Å². The lowest BCUT2D eigenvalue weighted by Gasteiger charge is -2.18. The lowest BCUT2D eigenvalue weighted by atomic mass is 9.91. The van der Waals surface area contributed by atoms with Gasteiger partial charge in [0.1, 0.15) is 0 Å². The monoisotopic (exact) mass is 169 g/mol. The van der Waals surface area contributed by atoms with Crippen molar-refractivity contribution in [3.8, 4) is 0 Å². The molecule has 0 N–H and O–H groups in total. The predicted octanol–water partition coefficient (Wildman–Crippen LogP) is 3.14. The van der Waals surface area contributed by atoms with E-state index >= 15 is 0 Å². The number of nitrogens with zero attached hydrogens (tertiary/aromatic N) is 1. The van der Waals surface area contributed by atoms with Crippen LogP contribution >= 0.6 is 11.3 Å². The average Bonchev–Trinajstić information content (AvgIpc) is 2.36. The van der Waals surface area contributed by atoms with Gasteiger partial charge in [0.15, 0.2) is 0 Å². The van der Waals surface area contributed by atoms with E-state index in [0.717, 1.165) is 6.42 Å². The second-order valence-electron chi connectivity index (χ2n) is 3.51. The average molecular weight is 169 g/mol. The first-order valence-corrected chi connectivity index (χ1v) is 4.81. The number of thiazole rings is 1. The van der Waals surface area contributed by atoms with Crippen molar-refractivity contribution in [1.82, 2.24) is 4.98 Å². The highest BCUT2D eigenvalue weighted by molar-refractivity contribution is 7.11. The normalized spacial score (nSPS) is 12.0. The molecule has 1 rings (SSSR count). The molecule has 0 saturated heterocycles. The zero-order chi connectivity index (χ0) is 8.48. The molecule has 0 saturated carbocycles. The summed E-state index contributed by atoms with van der Waals surface area (Å²) in [4.78, 5) is 5.68. The third kappa shape index (κ3) is 1.80. The van der Waals surface area contributed by atoms with Gasteiger partial charge in [0, 0.05) is 16.5 Å². The Bertz CT molecular complexity index is 237. The van der Waals surface area contributed by atoms with Gasteiger partial charge in [-0.25, -0.2) is 4.98 Å². The molecule has 1 aromatic heterocycles. The minimum absolute atomic E-state index is 0.263. The van der Waals surface area contributed by atoms with E-state index in [2.05, 4.69) is 32.7 Å². The van der Waals surface area contributed by atoms with Gasteiger partial charge in [0.2, 0.25) is 0 Å². The fourth-order valence-electron chi connectivity index (χ4n) is 0.819. The molecule has 0 amide bonds. The van der Waals surface area contributed by atoms with Gasteiger partial charge in [0.25, 0.3) is 0 Å². The van der Waals surface area contributed by atoms with Crippen molar-refractivity contribution in [2.24, 2.45) is 0 Å². The van der Waals surface area contributed by atoms with Gasteiger partial charge < -0.3 is 0 Å². The summed E-state index contributed by atoms with van der Waals surface area (Å²) < 4.78 is 0. The van der Waals surface area contributed by atoms with Crippen LogP contribution in [-0.4, -0.2) is 4.98 Å². The summed E-state index contributed by atoms with van der Waals surface area (Å²) in [6, 6.07) is 0. The van der Waals surface area contributed by atoms with E-state index in [-0.39, 0.29) is 5.41 Å². The minimum Gasteiger partial charge on any atom is -0.249 e. The van der Waals surface area contributed by atoms with E-state index in [1.54, 1.807) is 0 Å². The summed E-state index contributed by atoms with van der Waals surface area (Å²) in [5.74, 6) is 0. The number of rotatable bonds is 2. The van der Waals surface area contributed by atoms with Crippen LogP contribution in [0.2, 0.25) is 0 Å². The molecule has 1 aromatic rings.